The number of halogens is 2. The maximum absolute atomic E-state index is 12.8. The molecule has 3 rings (SSSR count). The smallest absolute Gasteiger partial charge is 0.282 e. The quantitative estimate of drug-likeness (QED) is 0.816. The first kappa shape index (κ1) is 16.3. The van der Waals surface area contributed by atoms with Gasteiger partial charge in [0.15, 0.2) is 0 Å². The monoisotopic (exact) mass is 328 g/mol. The fourth-order valence-corrected chi connectivity index (χ4v) is 2.76. The van der Waals surface area contributed by atoms with Crippen LogP contribution in [0.25, 0.3) is 0 Å². The third-order valence-corrected chi connectivity index (χ3v) is 4.20. The van der Waals surface area contributed by atoms with Gasteiger partial charge < -0.3 is 10.1 Å². The molecular weight excluding hydrogens is 306 g/mol. The highest BCUT2D eigenvalue weighted by atomic mass is 19.3. The summed E-state index contributed by atoms with van der Waals surface area (Å²) in [6.45, 7) is 4.51. The number of amides is 1. The molecule has 6 nitrogen and oxygen atoms in total. The summed E-state index contributed by atoms with van der Waals surface area (Å²) in [5, 5.41) is 6.72. The average molecular weight is 328 g/mol. The molecule has 1 amide bonds. The molecule has 1 saturated carbocycles. The van der Waals surface area contributed by atoms with E-state index >= 15 is 0 Å². The molecule has 2 heterocycles. The number of carbonyl (C=O) groups is 1. The molecule has 0 radical (unpaired) electrons. The van der Waals surface area contributed by atoms with Gasteiger partial charge in [0.1, 0.15) is 12.2 Å². The van der Waals surface area contributed by atoms with Crippen molar-refractivity contribution in [2.45, 2.75) is 31.7 Å². The highest BCUT2D eigenvalue weighted by Gasteiger charge is 2.30. The Morgan fingerprint density at radius 2 is 2.13 bits per heavy atom. The third-order valence-electron chi connectivity index (χ3n) is 4.20. The molecule has 0 bridgehead atoms. The summed E-state index contributed by atoms with van der Waals surface area (Å²) >= 11 is 0. The highest BCUT2D eigenvalue weighted by Crippen LogP contribution is 2.41. The summed E-state index contributed by atoms with van der Waals surface area (Å²) in [5.74, 6) is 0.0835. The molecule has 0 aromatic carbocycles. The predicted octanol–water partition coefficient (Wildman–Crippen LogP) is 1.15. The highest BCUT2D eigenvalue weighted by molar-refractivity contribution is 5.75. The second kappa shape index (κ2) is 7.35. The van der Waals surface area contributed by atoms with E-state index in [9.17, 15) is 13.6 Å². The Morgan fingerprint density at radius 3 is 2.78 bits per heavy atom. The number of nitrogens with zero attached hydrogens (tertiary/aromatic N) is 3. The summed E-state index contributed by atoms with van der Waals surface area (Å²) in [4.78, 5) is 14.3. The summed E-state index contributed by atoms with van der Waals surface area (Å²) in [7, 11) is 0. The molecule has 8 heteroatoms. The Balaban J connectivity index is 1.49. The van der Waals surface area contributed by atoms with E-state index in [-0.39, 0.29) is 24.1 Å². The number of nitrogens with one attached hydrogen (secondary N) is 1. The Labute approximate surface area is 133 Å². The fourth-order valence-electron chi connectivity index (χ4n) is 2.76. The summed E-state index contributed by atoms with van der Waals surface area (Å²) in [5.41, 5.74) is 0.511. The number of hydrogen-bond donors (Lipinski definition) is 1. The van der Waals surface area contributed by atoms with Crippen LogP contribution < -0.4 is 5.32 Å². The zero-order chi connectivity index (χ0) is 16.2. The van der Waals surface area contributed by atoms with Gasteiger partial charge in [-0.15, -0.1) is 0 Å². The summed E-state index contributed by atoms with van der Waals surface area (Å²) in [6, 6.07) is 1.43. The normalized spacial score (nSPS) is 19.3. The Hall–Kier alpha value is -1.54. The van der Waals surface area contributed by atoms with Gasteiger partial charge in [-0.2, -0.15) is 5.10 Å². The number of aromatic nitrogens is 2. The van der Waals surface area contributed by atoms with Crippen LogP contribution in [0.1, 0.15) is 36.6 Å². The first-order valence-electron chi connectivity index (χ1n) is 8.06. The summed E-state index contributed by atoms with van der Waals surface area (Å²) < 4.78 is 32.3. The van der Waals surface area contributed by atoms with Crippen LogP contribution in [0.3, 0.4) is 0 Å². The number of carbonyl (C=O) groups excluding carboxylic acids is 1. The van der Waals surface area contributed by atoms with Crippen LogP contribution in [-0.4, -0.2) is 60.0 Å². The van der Waals surface area contributed by atoms with Gasteiger partial charge in [0.2, 0.25) is 5.91 Å². The van der Waals surface area contributed by atoms with Crippen LogP contribution in [0.4, 0.5) is 8.78 Å². The van der Waals surface area contributed by atoms with Crippen molar-refractivity contribution in [3.8, 4) is 0 Å². The van der Waals surface area contributed by atoms with Crippen LogP contribution >= 0.6 is 0 Å². The van der Waals surface area contributed by atoms with E-state index in [1.54, 1.807) is 0 Å². The molecule has 1 aromatic rings. The van der Waals surface area contributed by atoms with Crippen LogP contribution in [-0.2, 0) is 16.1 Å². The minimum atomic E-state index is -2.60. The minimum Gasteiger partial charge on any atom is -0.379 e. The van der Waals surface area contributed by atoms with Crippen molar-refractivity contribution in [1.82, 2.24) is 20.0 Å². The molecule has 0 unspecified atom stereocenters. The summed E-state index contributed by atoms with van der Waals surface area (Å²) in [6.07, 6.45) is -0.641. The lowest BCUT2D eigenvalue weighted by Crippen LogP contribution is -2.42. The molecule has 2 aliphatic rings. The van der Waals surface area contributed by atoms with Gasteiger partial charge in [0.25, 0.3) is 6.43 Å². The standard InChI is InChI=1S/C15H22F2N4O2/c16-15(17)12-9-13(11-1-2-11)21(19-12)10-14(22)18-3-4-20-5-7-23-8-6-20/h9,11,15H,1-8,10H2,(H,18,22). The molecule has 128 valence electrons. The van der Waals surface area contributed by atoms with Crippen LogP contribution in [0, 0.1) is 0 Å². The van der Waals surface area contributed by atoms with Crippen molar-refractivity contribution < 1.29 is 18.3 Å². The predicted molar refractivity (Wildman–Crippen MR) is 79.4 cm³/mol. The Bertz CT molecular complexity index is 540. The Morgan fingerprint density at radius 1 is 1.39 bits per heavy atom. The van der Waals surface area contributed by atoms with Gasteiger partial charge in [-0.05, 0) is 18.9 Å². The number of hydrogen-bond acceptors (Lipinski definition) is 4. The number of alkyl halides is 2. The van der Waals surface area contributed by atoms with E-state index in [0.29, 0.717) is 6.54 Å². The van der Waals surface area contributed by atoms with E-state index in [1.165, 1.54) is 10.7 Å². The van der Waals surface area contributed by atoms with Crippen molar-refractivity contribution in [3.63, 3.8) is 0 Å². The number of rotatable bonds is 7. The van der Waals surface area contributed by atoms with Crippen LogP contribution in [0.5, 0.6) is 0 Å². The molecule has 1 aromatic heterocycles. The van der Waals surface area contributed by atoms with Gasteiger partial charge in [-0.3, -0.25) is 14.4 Å². The molecule has 0 spiro atoms. The van der Waals surface area contributed by atoms with Gasteiger partial charge in [-0.25, -0.2) is 8.78 Å². The van der Waals surface area contributed by atoms with Crippen molar-refractivity contribution in [3.05, 3.63) is 17.5 Å². The topological polar surface area (TPSA) is 59.4 Å². The Kier molecular flexibility index (Phi) is 5.22. The fraction of sp³-hybridized carbons (Fsp3) is 0.733. The second-order valence-electron chi connectivity index (χ2n) is 6.03. The SMILES string of the molecule is O=C(Cn1nc(C(F)F)cc1C1CC1)NCCN1CCOCC1. The van der Waals surface area contributed by atoms with E-state index in [1.807, 2.05) is 0 Å². The lowest BCUT2D eigenvalue weighted by Gasteiger charge is -2.26. The van der Waals surface area contributed by atoms with Gasteiger partial charge in [0.05, 0.1) is 13.2 Å². The number of morpholine rings is 1. The molecule has 1 saturated heterocycles. The molecule has 23 heavy (non-hydrogen) atoms. The zero-order valence-corrected chi connectivity index (χ0v) is 13.0. The minimum absolute atomic E-state index is 0.00165. The second-order valence-corrected chi connectivity index (χ2v) is 6.03. The first-order chi connectivity index (χ1) is 11.1. The first-order valence-corrected chi connectivity index (χ1v) is 8.06. The lowest BCUT2D eigenvalue weighted by atomic mass is 10.2. The van der Waals surface area contributed by atoms with Crippen molar-refractivity contribution in [2.75, 3.05) is 39.4 Å². The third kappa shape index (κ3) is 4.48. The van der Waals surface area contributed by atoms with Crippen LogP contribution in [0.15, 0.2) is 6.07 Å². The van der Waals surface area contributed by atoms with E-state index in [0.717, 1.165) is 51.4 Å². The molecule has 0 atom stereocenters. The molecule has 1 N–H and O–H groups in total. The number of ether oxygens (including phenoxy) is 1. The molecule has 1 aliphatic heterocycles. The van der Waals surface area contributed by atoms with E-state index < -0.39 is 6.43 Å². The maximum Gasteiger partial charge on any atom is 0.282 e. The van der Waals surface area contributed by atoms with E-state index in [2.05, 4.69) is 15.3 Å². The largest absolute Gasteiger partial charge is 0.379 e. The van der Waals surface area contributed by atoms with Crippen molar-refractivity contribution in [2.24, 2.45) is 0 Å². The molecular formula is C15H22F2N4O2. The average Bonchev–Trinajstić information content (AvgIpc) is 3.29. The van der Waals surface area contributed by atoms with E-state index in [4.69, 9.17) is 4.74 Å². The molecule has 1 aliphatic carbocycles. The maximum atomic E-state index is 12.8. The van der Waals surface area contributed by atoms with Gasteiger partial charge >= 0.3 is 0 Å². The lowest BCUT2D eigenvalue weighted by molar-refractivity contribution is -0.122. The van der Waals surface area contributed by atoms with Gasteiger partial charge in [-0.1, -0.05) is 0 Å². The van der Waals surface area contributed by atoms with Gasteiger partial charge in [0, 0.05) is 37.8 Å². The van der Waals surface area contributed by atoms with Crippen LogP contribution in [0.2, 0.25) is 0 Å². The molecule has 2 fully saturated rings. The zero-order valence-electron chi connectivity index (χ0n) is 13.0. The van der Waals surface area contributed by atoms with Crippen molar-refractivity contribution >= 4 is 5.91 Å². The van der Waals surface area contributed by atoms with Crippen molar-refractivity contribution in [1.29, 1.82) is 0 Å².